The van der Waals surface area contributed by atoms with E-state index in [1.54, 1.807) is 39.0 Å². The second kappa shape index (κ2) is 7.18. The number of fused-ring (bicyclic) bond motifs is 1. The number of aliphatic carboxylic acids is 1. The summed E-state index contributed by atoms with van der Waals surface area (Å²) >= 11 is 13.8. The second-order valence-corrected chi connectivity index (χ2v) is 10.2. The zero-order valence-corrected chi connectivity index (χ0v) is 18.4. The molecule has 0 radical (unpaired) electrons. The Morgan fingerprint density at radius 3 is 2.53 bits per heavy atom. The number of thioether (sulfide) groups is 1. The first-order chi connectivity index (χ1) is 14.0. The van der Waals surface area contributed by atoms with Crippen LogP contribution in [-0.4, -0.2) is 55.2 Å². The van der Waals surface area contributed by atoms with E-state index in [-0.39, 0.29) is 17.0 Å². The third kappa shape index (κ3) is 3.07. The minimum atomic E-state index is -1.07. The van der Waals surface area contributed by atoms with Gasteiger partial charge in [0.2, 0.25) is 5.91 Å². The van der Waals surface area contributed by atoms with Crippen molar-refractivity contribution in [1.82, 2.24) is 15.4 Å². The first-order valence-electron chi connectivity index (χ1n) is 8.99. The van der Waals surface area contributed by atoms with Crippen LogP contribution in [0, 0.1) is 6.92 Å². The molecule has 30 heavy (non-hydrogen) atoms. The number of hydrogen-bond acceptors (Lipinski definition) is 6. The number of benzene rings is 1. The number of rotatable bonds is 4. The molecule has 2 aliphatic heterocycles. The Bertz CT molecular complexity index is 1070. The van der Waals surface area contributed by atoms with Gasteiger partial charge in [0.25, 0.3) is 5.91 Å². The van der Waals surface area contributed by atoms with Crippen molar-refractivity contribution in [2.75, 3.05) is 0 Å². The van der Waals surface area contributed by atoms with Crippen LogP contribution < -0.4 is 5.32 Å². The molecule has 2 aliphatic rings. The van der Waals surface area contributed by atoms with Crippen LogP contribution in [0.25, 0.3) is 11.3 Å². The number of carboxylic acid groups (broad SMARTS) is 1. The normalized spacial score (nSPS) is 24.4. The Morgan fingerprint density at radius 1 is 1.30 bits per heavy atom. The van der Waals surface area contributed by atoms with Crippen LogP contribution in [0.2, 0.25) is 10.0 Å². The van der Waals surface area contributed by atoms with Gasteiger partial charge in [0.05, 0.1) is 10.0 Å². The molecule has 8 nitrogen and oxygen atoms in total. The van der Waals surface area contributed by atoms with Crippen LogP contribution >= 0.6 is 35.0 Å². The number of nitrogens with one attached hydrogen (secondary N) is 1. The fourth-order valence-electron chi connectivity index (χ4n) is 3.89. The zero-order chi connectivity index (χ0) is 22.0. The van der Waals surface area contributed by atoms with E-state index in [2.05, 4.69) is 10.5 Å². The molecule has 3 heterocycles. The summed E-state index contributed by atoms with van der Waals surface area (Å²) in [6.45, 7) is 5.10. The first kappa shape index (κ1) is 21.0. The van der Waals surface area contributed by atoms with E-state index < -0.39 is 40.0 Å². The number of aromatic nitrogens is 1. The van der Waals surface area contributed by atoms with Crippen LogP contribution in [0.1, 0.15) is 30.0 Å². The summed E-state index contributed by atoms with van der Waals surface area (Å²) < 4.78 is 4.52. The van der Waals surface area contributed by atoms with E-state index in [1.807, 2.05) is 0 Å². The third-order valence-corrected chi connectivity index (χ3v) is 7.45. The second-order valence-electron chi connectivity index (χ2n) is 7.61. The number of carbonyl (C=O) groups is 3. The average Bonchev–Trinajstić information content (AvgIpc) is 3.14. The third-order valence-electron chi connectivity index (χ3n) is 5.25. The van der Waals surface area contributed by atoms with E-state index in [1.165, 1.54) is 16.7 Å². The molecule has 2 N–H and O–H groups in total. The number of β-lactam (4-membered cyclic amide) rings is 1. The lowest BCUT2D eigenvalue weighted by Gasteiger charge is -2.43. The molecule has 4 rings (SSSR count). The molecule has 1 aromatic carbocycles. The molecule has 0 saturated carbocycles. The molecule has 0 spiro atoms. The van der Waals surface area contributed by atoms with Crippen LogP contribution in [0.5, 0.6) is 0 Å². The van der Waals surface area contributed by atoms with Gasteiger partial charge in [-0.25, -0.2) is 4.79 Å². The maximum Gasteiger partial charge on any atom is 0.327 e. The van der Waals surface area contributed by atoms with Crippen molar-refractivity contribution in [3.63, 3.8) is 0 Å². The Kier molecular flexibility index (Phi) is 5.03. The predicted octanol–water partition coefficient (Wildman–Crippen LogP) is 3.20. The molecule has 2 fully saturated rings. The van der Waals surface area contributed by atoms with Crippen molar-refractivity contribution in [1.29, 1.82) is 0 Å². The van der Waals surface area contributed by atoms with Gasteiger partial charge < -0.3 is 19.8 Å². The quantitative estimate of drug-likeness (QED) is 0.660. The van der Waals surface area contributed by atoms with Gasteiger partial charge in [0.1, 0.15) is 34.5 Å². The van der Waals surface area contributed by atoms with Crippen LogP contribution in [0.4, 0.5) is 0 Å². The molecule has 3 atom stereocenters. The van der Waals surface area contributed by atoms with Crippen molar-refractivity contribution < 1.29 is 24.0 Å². The summed E-state index contributed by atoms with van der Waals surface area (Å²) in [6.07, 6.45) is 0. The molecule has 11 heteroatoms. The van der Waals surface area contributed by atoms with Gasteiger partial charge in [-0.2, -0.15) is 0 Å². The number of hydrogen-bond donors (Lipinski definition) is 2. The minimum absolute atomic E-state index is 0.119. The van der Waals surface area contributed by atoms with Crippen molar-refractivity contribution in [2.45, 2.75) is 43.0 Å². The van der Waals surface area contributed by atoms with E-state index in [4.69, 9.17) is 27.7 Å². The van der Waals surface area contributed by atoms with E-state index >= 15 is 0 Å². The Hall–Kier alpha value is -2.23. The Labute approximate surface area is 185 Å². The topological polar surface area (TPSA) is 113 Å². The number of aryl methyl sites for hydroxylation is 1. The van der Waals surface area contributed by atoms with Crippen LogP contribution in [0.15, 0.2) is 22.7 Å². The molecule has 2 aromatic rings. The van der Waals surface area contributed by atoms with Gasteiger partial charge in [0, 0.05) is 10.3 Å². The maximum absolute atomic E-state index is 13.1. The molecular formula is C19H17Cl2N3O5S. The van der Waals surface area contributed by atoms with E-state index in [0.717, 1.165) is 0 Å². The van der Waals surface area contributed by atoms with E-state index in [0.29, 0.717) is 15.6 Å². The lowest BCUT2D eigenvalue weighted by atomic mass is 9.95. The highest BCUT2D eigenvalue weighted by molar-refractivity contribution is 8.01. The zero-order valence-electron chi connectivity index (χ0n) is 16.1. The van der Waals surface area contributed by atoms with Gasteiger partial charge in [-0.3, -0.25) is 9.59 Å². The van der Waals surface area contributed by atoms with Gasteiger partial charge in [0.15, 0.2) is 0 Å². The minimum Gasteiger partial charge on any atom is -0.480 e. The smallest absolute Gasteiger partial charge is 0.327 e. The summed E-state index contributed by atoms with van der Waals surface area (Å²) in [7, 11) is 0. The lowest BCUT2D eigenvalue weighted by molar-refractivity contribution is -0.159. The maximum atomic E-state index is 13.1. The number of carbonyl (C=O) groups excluding carboxylic acids is 2. The average molecular weight is 470 g/mol. The largest absolute Gasteiger partial charge is 0.480 e. The lowest BCUT2D eigenvalue weighted by Crippen LogP contribution is -2.70. The van der Waals surface area contributed by atoms with Gasteiger partial charge in [-0.15, -0.1) is 11.8 Å². The number of amides is 2. The highest BCUT2D eigenvalue weighted by Gasteiger charge is 2.64. The molecule has 0 bridgehead atoms. The summed E-state index contributed by atoms with van der Waals surface area (Å²) in [4.78, 5) is 38.7. The molecule has 2 amide bonds. The molecule has 2 unspecified atom stereocenters. The number of carboxylic acids is 1. The standard InChI is InChI=1S/C19H17Cl2N3O5S/c1-7-10(12(23-29-7)11-8(20)5-4-6-9(11)21)15(25)22-13-16(26)24-14(18(27)28)19(2,3)30-17(13)24/h4-6,13-14,17H,1-3H3,(H,22,25)(H,27,28)/t13?,14?,17-/m0/s1. The van der Waals surface area contributed by atoms with Crippen molar-refractivity contribution in [2.24, 2.45) is 0 Å². The van der Waals surface area contributed by atoms with Crippen molar-refractivity contribution in [3.05, 3.63) is 39.6 Å². The fourth-order valence-corrected chi connectivity index (χ4v) is 6.09. The summed E-state index contributed by atoms with van der Waals surface area (Å²) in [5.41, 5.74) is 0.645. The molecular weight excluding hydrogens is 453 g/mol. The monoisotopic (exact) mass is 469 g/mol. The number of nitrogens with zero attached hydrogens (tertiary/aromatic N) is 2. The summed E-state index contributed by atoms with van der Waals surface area (Å²) in [6, 6.07) is 3.09. The van der Waals surface area contributed by atoms with Crippen LogP contribution in [-0.2, 0) is 9.59 Å². The van der Waals surface area contributed by atoms with E-state index in [9.17, 15) is 19.5 Å². The van der Waals surface area contributed by atoms with Crippen LogP contribution in [0.3, 0.4) is 0 Å². The SMILES string of the molecule is Cc1onc(-c2c(Cl)cccc2Cl)c1C(=O)NC1C(=O)N2C(C(=O)O)C(C)(C)S[C@@H]12. The molecule has 158 valence electrons. The Morgan fingerprint density at radius 2 is 1.93 bits per heavy atom. The first-order valence-corrected chi connectivity index (χ1v) is 10.6. The summed E-state index contributed by atoms with van der Waals surface area (Å²) in [5.74, 6) is -1.84. The highest BCUT2D eigenvalue weighted by atomic mass is 35.5. The predicted molar refractivity (Wildman–Crippen MR) is 112 cm³/mol. The summed E-state index contributed by atoms with van der Waals surface area (Å²) in [5, 5.41) is 16.3. The Balaban J connectivity index is 1.62. The van der Waals surface area contributed by atoms with Gasteiger partial charge in [-0.05, 0) is 32.9 Å². The fraction of sp³-hybridized carbons (Fsp3) is 0.368. The molecule has 0 aliphatic carbocycles. The van der Waals surface area contributed by atoms with Gasteiger partial charge in [-0.1, -0.05) is 34.4 Å². The molecule has 1 aromatic heterocycles. The van der Waals surface area contributed by atoms with Crippen molar-refractivity contribution >= 4 is 52.7 Å². The number of halogens is 2. The van der Waals surface area contributed by atoms with Crippen molar-refractivity contribution in [3.8, 4) is 11.3 Å². The van der Waals surface area contributed by atoms with Gasteiger partial charge >= 0.3 is 5.97 Å². The highest BCUT2D eigenvalue weighted by Crippen LogP contribution is 2.51. The molecule has 2 saturated heterocycles.